The Morgan fingerprint density at radius 3 is 2.09 bits per heavy atom. The largest absolute Gasteiger partial charge is 0.491 e. The number of nitrogens with zero attached hydrogens (tertiary/aromatic N) is 4. The molecule has 1 aliphatic heterocycles. The van der Waals surface area contributed by atoms with Gasteiger partial charge in [-0.2, -0.15) is 0 Å². The van der Waals surface area contributed by atoms with Crippen molar-refractivity contribution in [1.82, 2.24) is 4.90 Å². The highest BCUT2D eigenvalue weighted by atomic mass is 16.5. The van der Waals surface area contributed by atoms with E-state index in [1.165, 1.54) is 0 Å². The van der Waals surface area contributed by atoms with Crippen LogP contribution in [0.5, 0.6) is 11.5 Å². The first-order chi connectivity index (χ1) is 16.1. The van der Waals surface area contributed by atoms with E-state index in [2.05, 4.69) is 37.6 Å². The summed E-state index contributed by atoms with van der Waals surface area (Å²) in [7, 11) is 0. The number of amides is 1. The van der Waals surface area contributed by atoms with Crippen LogP contribution in [0.2, 0.25) is 0 Å². The minimum absolute atomic E-state index is 0.133. The van der Waals surface area contributed by atoms with Crippen LogP contribution in [0, 0.1) is 11.3 Å². The Morgan fingerprint density at radius 2 is 1.55 bits per heavy atom. The molecule has 1 aromatic rings. The van der Waals surface area contributed by atoms with Gasteiger partial charge in [-0.3, -0.25) is 4.79 Å². The van der Waals surface area contributed by atoms with Gasteiger partial charge >= 0.3 is 5.69 Å². The van der Waals surface area contributed by atoms with Crippen LogP contribution in [0.4, 0.5) is 11.4 Å². The Labute approximate surface area is 200 Å². The van der Waals surface area contributed by atoms with Crippen molar-refractivity contribution in [1.29, 1.82) is 5.39 Å². The molecule has 0 N–H and O–H groups in total. The van der Waals surface area contributed by atoms with Crippen LogP contribution in [0.3, 0.4) is 0 Å². The van der Waals surface area contributed by atoms with E-state index in [4.69, 9.17) is 9.47 Å². The highest BCUT2D eigenvalue weighted by Crippen LogP contribution is 2.41. The monoisotopic (exact) mass is 459 g/mol. The van der Waals surface area contributed by atoms with Crippen molar-refractivity contribution in [2.45, 2.75) is 79.1 Å². The topological polar surface area (TPSA) is 70.2 Å². The number of diazo groups is 1. The van der Waals surface area contributed by atoms with Crippen LogP contribution in [-0.2, 0) is 4.79 Å². The lowest BCUT2D eigenvalue weighted by molar-refractivity contribution is -0.136. The van der Waals surface area contributed by atoms with E-state index < -0.39 is 0 Å². The van der Waals surface area contributed by atoms with Gasteiger partial charge < -0.3 is 19.3 Å². The van der Waals surface area contributed by atoms with Crippen LogP contribution in [0.15, 0.2) is 12.1 Å². The number of anilines is 1. The van der Waals surface area contributed by atoms with Crippen LogP contribution < -0.4 is 14.4 Å². The lowest BCUT2D eigenvalue weighted by atomic mass is 9.97. The number of ether oxygens (including phenoxy) is 2. The van der Waals surface area contributed by atoms with Gasteiger partial charge in [0.15, 0.2) is 10.7 Å². The number of hydrogen-bond acceptors (Lipinski definition) is 5. The van der Waals surface area contributed by atoms with Gasteiger partial charge in [-0.25, -0.2) is 0 Å². The Kier molecular flexibility index (Phi) is 11.9. The molecule has 0 radical (unpaired) electrons. The summed E-state index contributed by atoms with van der Waals surface area (Å²) in [5.74, 6) is 1.69. The molecular formula is C26H43N4O3+. The van der Waals surface area contributed by atoms with E-state index in [0.29, 0.717) is 49.4 Å². The zero-order valence-corrected chi connectivity index (χ0v) is 21.1. The number of carbonyl (C=O) groups excluding carboxylic acids is 1. The zero-order valence-electron chi connectivity index (χ0n) is 21.1. The van der Waals surface area contributed by atoms with Crippen molar-refractivity contribution in [3.05, 3.63) is 17.1 Å². The highest BCUT2D eigenvalue weighted by molar-refractivity contribution is 5.79. The predicted octanol–water partition coefficient (Wildman–Crippen LogP) is 6.39. The molecule has 0 saturated carbocycles. The first-order valence-electron chi connectivity index (χ1n) is 12.9. The van der Waals surface area contributed by atoms with Crippen molar-refractivity contribution in [2.75, 3.05) is 44.3 Å². The molecule has 1 atom stereocenters. The lowest BCUT2D eigenvalue weighted by Gasteiger charge is -2.38. The molecule has 1 aliphatic rings. The molecule has 33 heavy (non-hydrogen) atoms. The molecule has 1 unspecified atom stereocenters. The number of unbranched alkanes of at least 4 members (excludes halogenated alkanes) is 3. The predicted molar refractivity (Wildman–Crippen MR) is 134 cm³/mol. The first kappa shape index (κ1) is 26.8. The van der Waals surface area contributed by atoms with Crippen molar-refractivity contribution >= 4 is 17.3 Å². The summed E-state index contributed by atoms with van der Waals surface area (Å²) >= 11 is 0. The maximum absolute atomic E-state index is 13.0. The Morgan fingerprint density at radius 1 is 0.939 bits per heavy atom. The molecule has 1 fully saturated rings. The molecule has 2 rings (SSSR count). The van der Waals surface area contributed by atoms with Gasteiger partial charge in [0.25, 0.3) is 0 Å². The zero-order chi connectivity index (χ0) is 24.1. The summed E-state index contributed by atoms with van der Waals surface area (Å²) in [6, 6.07) is 3.70. The molecule has 0 aliphatic carbocycles. The van der Waals surface area contributed by atoms with E-state index in [-0.39, 0.29) is 5.92 Å². The third-order valence-electron chi connectivity index (χ3n) is 6.34. The van der Waals surface area contributed by atoms with Gasteiger partial charge in [0, 0.05) is 38.2 Å². The van der Waals surface area contributed by atoms with Crippen molar-refractivity contribution in [3.8, 4) is 11.5 Å². The number of benzene rings is 1. The standard InChI is InChI=1S/C26H43N4O3/c1-5-9-12-21(8-4)26(31)30-15-13-29(14-16-30)23-20-24(32-17-10-6-2)22(28-27)19-25(23)33-18-11-7-3/h19-21H,5-18H2,1-4H3/q+1. The van der Waals surface area contributed by atoms with E-state index >= 15 is 0 Å². The molecule has 1 heterocycles. The summed E-state index contributed by atoms with van der Waals surface area (Å²) in [5, 5.41) is 9.54. The first-order valence-corrected chi connectivity index (χ1v) is 12.9. The Hall–Kier alpha value is -2.49. The molecule has 7 heteroatoms. The molecule has 0 aromatic heterocycles. The molecule has 0 spiro atoms. The van der Waals surface area contributed by atoms with E-state index in [1.807, 2.05) is 11.0 Å². The summed E-state index contributed by atoms with van der Waals surface area (Å²) in [5.41, 5.74) is 1.33. The fourth-order valence-corrected chi connectivity index (χ4v) is 4.13. The Bertz CT molecular complexity index is 770. The molecule has 184 valence electrons. The van der Waals surface area contributed by atoms with Gasteiger partial charge in [-0.05, 0) is 25.7 Å². The van der Waals surface area contributed by atoms with Crippen LogP contribution in [0.25, 0.3) is 4.98 Å². The van der Waals surface area contributed by atoms with Crippen molar-refractivity contribution in [2.24, 2.45) is 5.92 Å². The van der Waals surface area contributed by atoms with Gasteiger partial charge in [0.1, 0.15) is 0 Å². The molecule has 1 aromatic carbocycles. The number of rotatable bonds is 14. The van der Waals surface area contributed by atoms with Gasteiger partial charge in [0.05, 0.1) is 25.0 Å². The summed E-state index contributed by atoms with van der Waals surface area (Å²) in [6.07, 6.45) is 8.07. The number of carbonyl (C=O) groups is 1. The average Bonchev–Trinajstić information content (AvgIpc) is 2.85. The molecule has 0 bridgehead atoms. The van der Waals surface area contributed by atoms with Crippen molar-refractivity contribution < 1.29 is 14.3 Å². The van der Waals surface area contributed by atoms with Gasteiger partial charge in [0.2, 0.25) is 17.0 Å². The maximum Gasteiger partial charge on any atom is 0.430 e. The molecule has 1 amide bonds. The minimum atomic E-state index is 0.133. The molecule has 7 nitrogen and oxygen atoms in total. The number of hydrogen-bond donors (Lipinski definition) is 0. The average molecular weight is 460 g/mol. The van der Waals surface area contributed by atoms with E-state index in [1.54, 1.807) is 6.07 Å². The summed E-state index contributed by atoms with van der Waals surface area (Å²) in [6.45, 7) is 12.6. The lowest BCUT2D eigenvalue weighted by Crippen LogP contribution is -2.50. The maximum atomic E-state index is 13.0. The van der Waals surface area contributed by atoms with Gasteiger partial charge in [-0.15, -0.1) is 0 Å². The summed E-state index contributed by atoms with van der Waals surface area (Å²) in [4.78, 5) is 20.7. The third-order valence-corrected chi connectivity index (χ3v) is 6.34. The molecule has 1 saturated heterocycles. The SMILES string of the molecule is CCCCOc1cc(N2CCN(C(=O)C(CC)CCCC)CC2)c(OCCCC)cc1[N+]#N. The van der Waals surface area contributed by atoms with E-state index in [0.717, 1.165) is 70.1 Å². The quantitative estimate of drug-likeness (QED) is 0.238. The molecular weight excluding hydrogens is 416 g/mol. The van der Waals surface area contributed by atoms with Crippen LogP contribution >= 0.6 is 0 Å². The second-order valence-electron chi connectivity index (χ2n) is 8.85. The summed E-state index contributed by atoms with van der Waals surface area (Å²) < 4.78 is 12.0. The van der Waals surface area contributed by atoms with Crippen LogP contribution in [0.1, 0.15) is 79.1 Å². The van der Waals surface area contributed by atoms with E-state index in [9.17, 15) is 10.2 Å². The number of piperazine rings is 1. The van der Waals surface area contributed by atoms with Crippen LogP contribution in [-0.4, -0.2) is 50.2 Å². The van der Waals surface area contributed by atoms with Crippen molar-refractivity contribution in [3.63, 3.8) is 0 Å². The minimum Gasteiger partial charge on any atom is -0.491 e. The second-order valence-corrected chi connectivity index (χ2v) is 8.85. The Balaban J connectivity index is 2.17. The smallest absolute Gasteiger partial charge is 0.430 e. The fourth-order valence-electron chi connectivity index (χ4n) is 4.13. The third kappa shape index (κ3) is 7.80. The fraction of sp³-hybridized carbons (Fsp3) is 0.731. The highest BCUT2D eigenvalue weighted by Gasteiger charge is 2.29. The normalized spacial score (nSPS) is 14.6. The second kappa shape index (κ2) is 14.6. The van der Waals surface area contributed by atoms with Gasteiger partial charge in [-0.1, -0.05) is 53.4 Å².